The third-order valence-electron chi connectivity index (χ3n) is 4.37. The highest BCUT2D eigenvalue weighted by Crippen LogP contribution is 2.39. The van der Waals surface area contributed by atoms with E-state index in [1.807, 2.05) is 24.3 Å². The van der Waals surface area contributed by atoms with Gasteiger partial charge in [0, 0.05) is 28.9 Å². The molecule has 8 nitrogen and oxygen atoms in total. The Kier molecular flexibility index (Phi) is 3.27. The van der Waals surface area contributed by atoms with Crippen LogP contribution < -0.4 is 5.32 Å². The molecule has 1 amide bonds. The Balaban J connectivity index is 1.43. The molecule has 0 radical (unpaired) electrons. The van der Waals surface area contributed by atoms with Crippen LogP contribution in [0.1, 0.15) is 34.9 Å². The number of anilines is 1. The molecule has 26 heavy (non-hydrogen) atoms. The van der Waals surface area contributed by atoms with Gasteiger partial charge < -0.3 is 9.84 Å². The number of fused-ring (bicyclic) bond motifs is 1. The van der Waals surface area contributed by atoms with Crippen molar-refractivity contribution in [2.45, 2.75) is 18.8 Å². The fraction of sp³-hybridized carbons (Fsp3) is 0.167. The second-order valence-corrected chi connectivity index (χ2v) is 6.22. The van der Waals surface area contributed by atoms with Gasteiger partial charge in [0.25, 0.3) is 11.7 Å². The van der Waals surface area contributed by atoms with Gasteiger partial charge >= 0.3 is 0 Å². The Labute approximate surface area is 147 Å². The molecule has 0 spiro atoms. The zero-order valence-electron chi connectivity index (χ0n) is 13.7. The van der Waals surface area contributed by atoms with E-state index in [-0.39, 0.29) is 5.91 Å². The lowest BCUT2D eigenvalue weighted by atomic mass is 10.1. The minimum absolute atomic E-state index is 0.253. The second-order valence-electron chi connectivity index (χ2n) is 6.22. The molecule has 1 aliphatic carbocycles. The van der Waals surface area contributed by atoms with Crippen molar-refractivity contribution in [2.24, 2.45) is 0 Å². The molecule has 4 aromatic rings. The van der Waals surface area contributed by atoms with Gasteiger partial charge in [-0.15, -0.1) is 0 Å². The van der Waals surface area contributed by atoms with E-state index in [9.17, 15) is 4.79 Å². The van der Waals surface area contributed by atoms with Crippen molar-refractivity contribution < 1.29 is 9.32 Å². The van der Waals surface area contributed by atoms with Crippen molar-refractivity contribution in [3.63, 3.8) is 0 Å². The summed E-state index contributed by atoms with van der Waals surface area (Å²) >= 11 is 0. The van der Waals surface area contributed by atoms with Crippen LogP contribution in [-0.2, 0) is 0 Å². The molecular weight excluding hydrogens is 332 g/mol. The number of carbonyl (C=O) groups excluding carboxylic acids is 1. The average molecular weight is 346 g/mol. The summed E-state index contributed by atoms with van der Waals surface area (Å²) in [5.74, 6) is 1.29. The summed E-state index contributed by atoms with van der Waals surface area (Å²) in [7, 11) is 0. The van der Waals surface area contributed by atoms with Crippen molar-refractivity contribution in [3.05, 3.63) is 60.3 Å². The summed E-state index contributed by atoms with van der Waals surface area (Å²) in [6, 6.07) is 10.9. The first-order valence-corrected chi connectivity index (χ1v) is 8.31. The van der Waals surface area contributed by atoms with Crippen LogP contribution in [0.25, 0.3) is 17.1 Å². The molecule has 0 atom stereocenters. The highest BCUT2D eigenvalue weighted by atomic mass is 16.5. The van der Waals surface area contributed by atoms with Crippen LogP contribution >= 0.6 is 0 Å². The number of nitrogens with zero attached hydrogens (tertiary/aromatic N) is 5. The summed E-state index contributed by atoms with van der Waals surface area (Å²) < 4.78 is 6.59. The molecule has 1 fully saturated rings. The number of nitrogens with one attached hydrogen (secondary N) is 1. The summed E-state index contributed by atoms with van der Waals surface area (Å²) in [5.41, 5.74) is 2.89. The van der Waals surface area contributed by atoms with Gasteiger partial charge in [0.1, 0.15) is 12.0 Å². The molecule has 1 N–H and O–H groups in total. The van der Waals surface area contributed by atoms with Gasteiger partial charge in [-0.2, -0.15) is 14.6 Å². The molecule has 0 saturated heterocycles. The predicted octanol–water partition coefficient (Wildman–Crippen LogP) is 2.91. The van der Waals surface area contributed by atoms with Gasteiger partial charge in [0.2, 0.25) is 0 Å². The molecule has 0 unspecified atom stereocenters. The number of rotatable bonds is 4. The van der Waals surface area contributed by atoms with Crippen LogP contribution in [0.4, 0.5) is 5.69 Å². The van der Waals surface area contributed by atoms with Crippen molar-refractivity contribution >= 4 is 17.4 Å². The van der Waals surface area contributed by atoms with E-state index in [2.05, 4.69) is 25.5 Å². The van der Waals surface area contributed by atoms with Gasteiger partial charge in [-0.3, -0.25) is 4.79 Å². The molecule has 8 heteroatoms. The maximum atomic E-state index is 12.8. The number of carbonyl (C=O) groups is 1. The van der Waals surface area contributed by atoms with Crippen LogP contribution in [0, 0.1) is 0 Å². The van der Waals surface area contributed by atoms with Crippen LogP contribution in [-0.4, -0.2) is 30.6 Å². The van der Waals surface area contributed by atoms with Gasteiger partial charge in [0.15, 0.2) is 5.76 Å². The van der Waals surface area contributed by atoms with Crippen molar-refractivity contribution in [3.8, 4) is 11.3 Å². The van der Waals surface area contributed by atoms with Gasteiger partial charge in [-0.1, -0.05) is 5.16 Å². The Bertz CT molecular complexity index is 1080. The van der Waals surface area contributed by atoms with Gasteiger partial charge in [0.05, 0.1) is 6.20 Å². The molecule has 3 aromatic heterocycles. The van der Waals surface area contributed by atoms with Crippen LogP contribution in [0.5, 0.6) is 0 Å². The Hall–Kier alpha value is -3.55. The average Bonchev–Trinajstić information content (AvgIpc) is 3.17. The van der Waals surface area contributed by atoms with Crippen LogP contribution in [0.2, 0.25) is 0 Å². The molecule has 0 aliphatic heterocycles. The highest BCUT2D eigenvalue weighted by Gasteiger charge is 2.27. The topological polar surface area (TPSA) is 98.2 Å². The first-order chi connectivity index (χ1) is 12.8. The van der Waals surface area contributed by atoms with E-state index in [4.69, 9.17) is 4.52 Å². The van der Waals surface area contributed by atoms with E-state index >= 15 is 0 Å². The number of aromatic nitrogens is 5. The van der Waals surface area contributed by atoms with Crippen molar-refractivity contribution in [1.82, 2.24) is 24.7 Å². The molecular formula is C18H14N6O2. The molecule has 3 heterocycles. The Morgan fingerprint density at radius 1 is 1.19 bits per heavy atom. The summed E-state index contributed by atoms with van der Waals surface area (Å²) in [5, 5.41) is 10.7. The maximum Gasteiger partial charge on any atom is 0.274 e. The van der Waals surface area contributed by atoms with Crippen LogP contribution in [0.15, 0.2) is 53.4 Å². The first-order valence-electron chi connectivity index (χ1n) is 8.31. The lowest BCUT2D eigenvalue weighted by molar-refractivity contribution is 0.101. The molecule has 0 bridgehead atoms. The first kappa shape index (κ1) is 14.8. The zero-order chi connectivity index (χ0) is 17.5. The fourth-order valence-electron chi connectivity index (χ4n) is 2.86. The van der Waals surface area contributed by atoms with E-state index in [0.717, 1.165) is 24.1 Å². The molecule has 1 aliphatic rings. The summed E-state index contributed by atoms with van der Waals surface area (Å²) in [6.07, 6.45) is 5.19. The number of hydrogen-bond donors (Lipinski definition) is 1. The SMILES string of the molecule is O=C(Nc1ccc(-c2ccno2)cc1)c1cc(C2CC2)nc2ncnn12. The summed E-state index contributed by atoms with van der Waals surface area (Å²) in [4.78, 5) is 21.4. The normalized spacial score (nSPS) is 13.8. The fourth-order valence-corrected chi connectivity index (χ4v) is 2.86. The van der Waals surface area contributed by atoms with E-state index in [0.29, 0.717) is 28.8 Å². The Morgan fingerprint density at radius 2 is 2.04 bits per heavy atom. The summed E-state index contributed by atoms with van der Waals surface area (Å²) in [6.45, 7) is 0. The largest absolute Gasteiger partial charge is 0.356 e. The quantitative estimate of drug-likeness (QED) is 0.610. The predicted molar refractivity (Wildman–Crippen MR) is 92.6 cm³/mol. The molecule has 128 valence electrons. The maximum absolute atomic E-state index is 12.8. The van der Waals surface area contributed by atoms with E-state index in [1.54, 1.807) is 18.3 Å². The third kappa shape index (κ3) is 2.61. The van der Waals surface area contributed by atoms with Gasteiger partial charge in [-0.05, 0) is 43.2 Å². The van der Waals surface area contributed by atoms with Crippen molar-refractivity contribution in [1.29, 1.82) is 0 Å². The Morgan fingerprint density at radius 3 is 2.77 bits per heavy atom. The smallest absolute Gasteiger partial charge is 0.274 e. The second kappa shape index (κ2) is 5.76. The van der Waals surface area contributed by atoms with E-state index in [1.165, 1.54) is 10.8 Å². The molecule has 5 rings (SSSR count). The lowest BCUT2D eigenvalue weighted by Gasteiger charge is -2.08. The highest BCUT2D eigenvalue weighted by molar-refractivity contribution is 6.03. The van der Waals surface area contributed by atoms with E-state index < -0.39 is 0 Å². The lowest BCUT2D eigenvalue weighted by Crippen LogP contribution is -2.17. The molecule has 1 aromatic carbocycles. The minimum atomic E-state index is -0.253. The zero-order valence-corrected chi connectivity index (χ0v) is 13.7. The van der Waals surface area contributed by atoms with Crippen molar-refractivity contribution in [2.75, 3.05) is 5.32 Å². The number of hydrogen-bond acceptors (Lipinski definition) is 6. The monoisotopic (exact) mass is 346 g/mol. The van der Waals surface area contributed by atoms with Gasteiger partial charge in [-0.25, -0.2) is 4.98 Å². The molecule has 1 saturated carbocycles. The standard InChI is InChI=1S/C18H14N6O2/c25-17(22-13-5-3-12(4-6-13)16-7-8-21-26-16)15-9-14(11-1-2-11)23-18-19-10-20-24(15)18/h3-11H,1-2H2,(H,22,25). The number of benzene rings is 1. The third-order valence-corrected chi connectivity index (χ3v) is 4.37. The number of amides is 1. The minimum Gasteiger partial charge on any atom is -0.356 e. The van der Waals surface area contributed by atoms with Crippen LogP contribution in [0.3, 0.4) is 0 Å².